The van der Waals surface area contributed by atoms with Crippen molar-refractivity contribution in [2.45, 2.75) is 38.0 Å². The molecule has 0 bridgehead atoms. The summed E-state index contributed by atoms with van der Waals surface area (Å²) in [5.41, 5.74) is 2.50. The Bertz CT molecular complexity index is 869. The van der Waals surface area contributed by atoms with Crippen LogP contribution in [0.4, 0.5) is 0 Å². The number of hydrogen-bond acceptors (Lipinski definition) is 4. The summed E-state index contributed by atoms with van der Waals surface area (Å²) in [4.78, 5) is 26.6. The molecule has 134 valence electrons. The molecule has 0 fully saturated rings. The Balaban J connectivity index is 1.74. The second-order valence-electron chi connectivity index (χ2n) is 6.71. The highest BCUT2D eigenvalue weighted by molar-refractivity contribution is 7.10. The lowest BCUT2D eigenvalue weighted by atomic mass is 9.74. The van der Waals surface area contributed by atoms with E-state index in [1.807, 2.05) is 42.6 Å². The minimum Gasteiger partial charge on any atom is -0.494 e. The van der Waals surface area contributed by atoms with E-state index in [0.29, 0.717) is 25.9 Å². The number of benzene rings is 1. The van der Waals surface area contributed by atoms with E-state index in [1.54, 1.807) is 11.3 Å². The van der Waals surface area contributed by atoms with Gasteiger partial charge in [0, 0.05) is 46.4 Å². The first-order valence-electron chi connectivity index (χ1n) is 8.98. The van der Waals surface area contributed by atoms with Crippen molar-refractivity contribution in [3.63, 3.8) is 0 Å². The van der Waals surface area contributed by atoms with Gasteiger partial charge in [-0.25, -0.2) is 0 Å². The van der Waals surface area contributed by atoms with Crippen LogP contribution in [0.2, 0.25) is 0 Å². The van der Waals surface area contributed by atoms with Gasteiger partial charge < -0.3 is 10.1 Å². The van der Waals surface area contributed by atoms with E-state index in [2.05, 4.69) is 11.4 Å². The first-order chi connectivity index (χ1) is 12.7. The summed E-state index contributed by atoms with van der Waals surface area (Å²) in [5, 5.41) is 5.01. The SMILES string of the molecule is CCOc1ccccc1C1CC(=O)NC2=C1C(=O)CC(c1cccs1)C2. The average molecular weight is 367 g/mol. The first kappa shape index (κ1) is 17.0. The van der Waals surface area contributed by atoms with Crippen LogP contribution in [-0.2, 0) is 9.59 Å². The molecule has 1 aromatic carbocycles. The largest absolute Gasteiger partial charge is 0.494 e. The van der Waals surface area contributed by atoms with Gasteiger partial charge in [-0.05, 0) is 30.9 Å². The molecule has 4 nitrogen and oxygen atoms in total. The average Bonchev–Trinajstić information content (AvgIpc) is 3.16. The molecule has 1 aromatic heterocycles. The molecule has 0 saturated carbocycles. The van der Waals surface area contributed by atoms with Crippen LogP contribution in [0.3, 0.4) is 0 Å². The number of Topliss-reactive ketones (excluding diaryl/α,β-unsaturated/α-hetero) is 1. The maximum Gasteiger partial charge on any atom is 0.225 e. The molecule has 1 aliphatic carbocycles. The minimum absolute atomic E-state index is 0.0281. The second-order valence-corrected chi connectivity index (χ2v) is 7.69. The zero-order valence-corrected chi connectivity index (χ0v) is 15.5. The van der Waals surface area contributed by atoms with Gasteiger partial charge in [0.1, 0.15) is 5.75 Å². The molecule has 2 heterocycles. The number of ketones is 1. The van der Waals surface area contributed by atoms with Crippen LogP contribution in [0.1, 0.15) is 48.5 Å². The van der Waals surface area contributed by atoms with Gasteiger partial charge in [0.2, 0.25) is 5.91 Å². The summed E-state index contributed by atoms with van der Waals surface area (Å²) in [5.74, 6) is 0.802. The lowest BCUT2D eigenvalue weighted by molar-refractivity contribution is -0.122. The standard InChI is InChI=1S/C21H21NO3S/c1-2-25-18-7-4-3-6-14(18)15-12-20(24)22-16-10-13(11-17(23)21(15)16)19-8-5-9-26-19/h3-9,13,15H,2,10-12H2,1H3,(H,22,24). The lowest BCUT2D eigenvalue weighted by Gasteiger charge is -2.34. The van der Waals surface area contributed by atoms with Crippen molar-refractivity contribution in [3.05, 3.63) is 63.5 Å². The number of carbonyl (C=O) groups is 2. The highest BCUT2D eigenvalue weighted by atomic mass is 32.1. The molecule has 2 aromatic rings. The molecule has 0 radical (unpaired) electrons. The van der Waals surface area contributed by atoms with Crippen molar-refractivity contribution in [2.75, 3.05) is 6.61 Å². The Hall–Kier alpha value is -2.40. The number of hydrogen-bond donors (Lipinski definition) is 1. The van der Waals surface area contributed by atoms with Crippen molar-refractivity contribution in [1.29, 1.82) is 0 Å². The number of allylic oxidation sites excluding steroid dienone is 2. The fourth-order valence-corrected chi connectivity index (χ4v) is 4.84. The van der Waals surface area contributed by atoms with Crippen LogP contribution < -0.4 is 10.1 Å². The predicted molar refractivity (Wildman–Crippen MR) is 101 cm³/mol. The Morgan fingerprint density at radius 2 is 1.96 bits per heavy atom. The van der Waals surface area contributed by atoms with E-state index in [1.165, 1.54) is 4.88 Å². The molecular formula is C21H21NO3S. The number of nitrogens with one attached hydrogen (secondary N) is 1. The third-order valence-corrected chi connectivity index (χ3v) is 6.11. The van der Waals surface area contributed by atoms with E-state index in [9.17, 15) is 9.59 Å². The molecule has 5 heteroatoms. The van der Waals surface area contributed by atoms with Crippen LogP contribution in [0.25, 0.3) is 0 Å². The van der Waals surface area contributed by atoms with E-state index in [-0.39, 0.29) is 23.5 Å². The summed E-state index contributed by atoms with van der Waals surface area (Å²) >= 11 is 1.67. The molecule has 1 aliphatic heterocycles. The van der Waals surface area contributed by atoms with Gasteiger partial charge in [-0.15, -0.1) is 11.3 Å². The van der Waals surface area contributed by atoms with Crippen LogP contribution in [0.15, 0.2) is 53.0 Å². The topological polar surface area (TPSA) is 55.4 Å². The summed E-state index contributed by atoms with van der Waals surface area (Å²) < 4.78 is 5.76. The molecule has 0 saturated heterocycles. The van der Waals surface area contributed by atoms with Crippen molar-refractivity contribution >= 4 is 23.0 Å². The number of rotatable bonds is 4. The van der Waals surface area contributed by atoms with Crippen LogP contribution in [-0.4, -0.2) is 18.3 Å². The van der Waals surface area contributed by atoms with Crippen LogP contribution in [0, 0.1) is 0 Å². The zero-order chi connectivity index (χ0) is 18.1. The van der Waals surface area contributed by atoms with Gasteiger partial charge >= 0.3 is 0 Å². The molecule has 1 N–H and O–H groups in total. The Morgan fingerprint density at radius 3 is 2.73 bits per heavy atom. The number of ether oxygens (including phenoxy) is 1. The molecular weight excluding hydrogens is 346 g/mol. The fraction of sp³-hybridized carbons (Fsp3) is 0.333. The van der Waals surface area contributed by atoms with E-state index >= 15 is 0 Å². The first-order valence-corrected chi connectivity index (χ1v) is 9.86. The highest BCUT2D eigenvalue weighted by Gasteiger charge is 2.39. The molecule has 2 atom stereocenters. The van der Waals surface area contributed by atoms with Crippen LogP contribution in [0.5, 0.6) is 5.75 Å². The molecule has 2 unspecified atom stereocenters. The van der Waals surface area contributed by atoms with Gasteiger partial charge in [-0.1, -0.05) is 24.3 Å². The molecule has 0 spiro atoms. The van der Waals surface area contributed by atoms with Crippen molar-refractivity contribution in [3.8, 4) is 5.75 Å². The number of amides is 1. The molecule has 1 amide bonds. The summed E-state index contributed by atoms with van der Waals surface area (Å²) in [6.45, 7) is 2.49. The van der Waals surface area contributed by atoms with Gasteiger partial charge in [0.15, 0.2) is 5.78 Å². The minimum atomic E-state index is -0.224. The van der Waals surface area contributed by atoms with Crippen molar-refractivity contribution in [2.24, 2.45) is 0 Å². The molecule has 26 heavy (non-hydrogen) atoms. The number of para-hydroxylation sites is 1. The predicted octanol–water partition coefficient (Wildman–Crippen LogP) is 4.15. The Kier molecular flexibility index (Phi) is 4.64. The summed E-state index contributed by atoms with van der Waals surface area (Å²) in [7, 11) is 0. The maximum atomic E-state index is 13.0. The van der Waals surface area contributed by atoms with Gasteiger partial charge in [0.05, 0.1) is 6.61 Å². The monoisotopic (exact) mass is 367 g/mol. The van der Waals surface area contributed by atoms with Crippen LogP contribution >= 0.6 is 11.3 Å². The second kappa shape index (κ2) is 7.08. The van der Waals surface area contributed by atoms with Crippen molar-refractivity contribution in [1.82, 2.24) is 5.32 Å². The van der Waals surface area contributed by atoms with E-state index < -0.39 is 0 Å². The lowest BCUT2D eigenvalue weighted by Crippen LogP contribution is -2.38. The van der Waals surface area contributed by atoms with Gasteiger partial charge in [-0.2, -0.15) is 0 Å². The Morgan fingerprint density at radius 1 is 1.12 bits per heavy atom. The zero-order valence-electron chi connectivity index (χ0n) is 14.7. The molecule has 2 aliphatic rings. The van der Waals surface area contributed by atoms with Gasteiger partial charge in [-0.3, -0.25) is 9.59 Å². The third kappa shape index (κ3) is 3.07. The van der Waals surface area contributed by atoms with Gasteiger partial charge in [0.25, 0.3) is 0 Å². The van der Waals surface area contributed by atoms with E-state index in [0.717, 1.165) is 22.6 Å². The summed E-state index contributed by atoms with van der Waals surface area (Å²) in [6, 6.07) is 11.8. The smallest absolute Gasteiger partial charge is 0.225 e. The highest BCUT2D eigenvalue weighted by Crippen LogP contribution is 2.45. The molecule has 4 rings (SSSR count). The quantitative estimate of drug-likeness (QED) is 0.883. The Labute approximate surface area is 156 Å². The maximum absolute atomic E-state index is 13.0. The van der Waals surface area contributed by atoms with Crippen molar-refractivity contribution < 1.29 is 14.3 Å². The fourth-order valence-electron chi connectivity index (χ4n) is 4.01. The summed E-state index contributed by atoms with van der Waals surface area (Å²) in [6.07, 6.45) is 1.50. The third-order valence-electron chi connectivity index (χ3n) is 5.08. The number of carbonyl (C=O) groups excluding carboxylic acids is 2. The number of thiophene rings is 1. The normalized spacial score (nSPS) is 22.8. The van der Waals surface area contributed by atoms with E-state index in [4.69, 9.17) is 4.74 Å².